The maximum Gasteiger partial charge on any atom is 0.472 e. The van der Waals surface area contributed by atoms with Crippen molar-refractivity contribution in [2.75, 3.05) is 13.2 Å². The van der Waals surface area contributed by atoms with Crippen molar-refractivity contribution >= 4 is 61.0 Å². The Balaban J connectivity index is 1.22. The second-order valence-corrected chi connectivity index (χ2v) is 13.9. The number of hydrogen-bond acceptors (Lipinski definition) is 14. The van der Waals surface area contributed by atoms with Crippen molar-refractivity contribution in [2.45, 2.75) is 49.1 Å². The summed E-state index contributed by atoms with van der Waals surface area (Å²) in [5.74, 6) is 0. The van der Waals surface area contributed by atoms with Crippen LogP contribution in [0.4, 0.5) is 0 Å². The van der Waals surface area contributed by atoms with E-state index >= 15 is 0 Å². The van der Waals surface area contributed by atoms with Gasteiger partial charge < -0.3 is 39.0 Å². The van der Waals surface area contributed by atoms with Crippen molar-refractivity contribution < 1.29 is 56.7 Å². The van der Waals surface area contributed by atoms with Gasteiger partial charge in [-0.3, -0.25) is 27.5 Å². The molecule has 3 aromatic heterocycles. The number of aliphatic hydroxyl groups is 2. The predicted molar refractivity (Wildman–Crippen MR) is 149 cm³/mol. The minimum Gasteiger partial charge on any atom is -0.387 e. The third kappa shape index (κ3) is 5.66. The first-order valence-corrected chi connectivity index (χ1v) is 16.8. The van der Waals surface area contributed by atoms with Gasteiger partial charge in [-0.1, -0.05) is 23.2 Å². The van der Waals surface area contributed by atoms with Crippen molar-refractivity contribution in [1.82, 2.24) is 29.1 Å². The van der Waals surface area contributed by atoms with E-state index in [2.05, 4.69) is 19.9 Å². The van der Waals surface area contributed by atoms with E-state index in [0.29, 0.717) is 11.0 Å². The van der Waals surface area contributed by atoms with E-state index in [1.807, 2.05) is 0 Å². The number of nitrogens with one attached hydrogen (secondary N) is 1. The molecule has 242 valence electrons. The maximum absolute atomic E-state index is 13.2. The van der Waals surface area contributed by atoms with Gasteiger partial charge in [0.1, 0.15) is 36.6 Å². The lowest BCUT2D eigenvalue weighted by molar-refractivity contribution is -0.0674. The number of imidazole rings is 2. The summed E-state index contributed by atoms with van der Waals surface area (Å²) >= 11 is 12.3. The predicted octanol–water partition coefficient (Wildman–Crippen LogP) is 1.01. The summed E-state index contributed by atoms with van der Waals surface area (Å²) in [6, 6.07) is 2.93. The van der Waals surface area contributed by atoms with Gasteiger partial charge in [0.05, 0.1) is 53.3 Å². The Morgan fingerprint density at radius 3 is 2.02 bits per heavy atom. The molecule has 6 heterocycles. The van der Waals surface area contributed by atoms with Gasteiger partial charge in [0.2, 0.25) is 0 Å². The Hall–Kier alpha value is -2.32. The highest BCUT2D eigenvalue weighted by atomic mass is 35.5. The van der Waals surface area contributed by atoms with Crippen molar-refractivity contribution in [3.05, 3.63) is 51.5 Å². The standard InChI is InChI=1S/C22H22Cl2N6O13P2/c23-8-1-10-11(2-9(8)24)29(6-27-10)21-17-15(31)12(40-21)3-38-45(36,37)43-18-16(32)13(4-39-44(34,35)42-17)41-22(18)30-7-28-14-19(30)25-5-26-20(14)33/h1-2,5-7,12-13,15-18,21-22,31-32H,3-4H2,(H,34,35)(H,36,37)(H,25,26,33). The summed E-state index contributed by atoms with van der Waals surface area (Å²) in [6.07, 6.45) is -8.93. The topological polar surface area (TPSA) is 252 Å². The highest BCUT2D eigenvalue weighted by Gasteiger charge is 2.53. The third-order valence-electron chi connectivity index (χ3n) is 7.47. The lowest BCUT2D eigenvalue weighted by atomic mass is 10.1. The second-order valence-electron chi connectivity index (χ2n) is 10.2. The smallest absolute Gasteiger partial charge is 0.387 e. The Labute approximate surface area is 260 Å². The number of nitrogens with zero attached hydrogens (tertiary/aromatic N) is 5. The number of aromatic amines is 1. The first kappa shape index (κ1) is 31.3. The number of rotatable bonds is 2. The molecule has 10 unspecified atom stereocenters. The zero-order chi connectivity index (χ0) is 31.8. The molecule has 5 N–H and O–H groups in total. The quantitative estimate of drug-likeness (QED) is 0.182. The average Bonchev–Trinajstić information content (AvgIpc) is 3.73. The van der Waals surface area contributed by atoms with Gasteiger partial charge in [-0.15, -0.1) is 0 Å². The Bertz CT molecular complexity index is 1940. The van der Waals surface area contributed by atoms with Crippen LogP contribution in [0.5, 0.6) is 0 Å². The number of phosphoric ester groups is 2. The molecule has 3 saturated heterocycles. The molecule has 0 aliphatic carbocycles. The second kappa shape index (κ2) is 11.4. The summed E-state index contributed by atoms with van der Waals surface area (Å²) in [7, 11) is -10.1. The van der Waals surface area contributed by atoms with Crippen LogP contribution in [-0.4, -0.2) is 98.9 Å². The molecule has 3 fully saturated rings. The molecular weight excluding hydrogens is 689 g/mol. The molecule has 7 rings (SSSR count). The number of ether oxygens (including phenoxy) is 2. The Kier molecular flexibility index (Phi) is 7.95. The first-order chi connectivity index (χ1) is 21.3. The maximum atomic E-state index is 13.2. The van der Waals surface area contributed by atoms with Crippen molar-refractivity contribution in [3.8, 4) is 0 Å². The van der Waals surface area contributed by atoms with Gasteiger partial charge in [-0.2, -0.15) is 0 Å². The van der Waals surface area contributed by atoms with Gasteiger partial charge in [-0.25, -0.2) is 24.1 Å². The number of H-pyrrole nitrogens is 1. The van der Waals surface area contributed by atoms with E-state index in [9.17, 15) is 33.9 Å². The van der Waals surface area contributed by atoms with Crippen LogP contribution < -0.4 is 5.56 Å². The molecule has 1 aromatic carbocycles. The molecule has 0 amide bonds. The molecule has 4 aromatic rings. The third-order valence-corrected chi connectivity index (χ3v) is 10.2. The molecule has 3 aliphatic rings. The lowest BCUT2D eigenvalue weighted by Gasteiger charge is -2.26. The highest BCUT2D eigenvalue weighted by molar-refractivity contribution is 7.47. The number of aromatic nitrogens is 6. The summed E-state index contributed by atoms with van der Waals surface area (Å²) < 4.78 is 61.5. The molecule has 3 aliphatic heterocycles. The summed E-state index contributed by atoms with van der Waals surface area (Å²) in [6.45, 7) is -1.59. The van der Waals surface area contributed by atoms with E-state index in [-0.39, 0.29) is 21.2 Å². The Morgan fingerprint density at radius 2 is 1.40 bits per heavy atom. The molecule has 23 heteroatoms. The molecular formula is C22H22Cl2N6O13P2. The van der Waals surface area contributed by atoms with Crippen LogP contribution in [0, 0.1) is 0 Å². The van der Waals surface area contributed by atoms with Crippen LogP contribution >= 0.6 is 38.8 Å². The lowest BCUT2D eigenvalue weighted by Crippen LogP contribution is -2.38. The van der Waals surface area contributed by atoms with E-state index < -0.39 is 83.5 Å². The molecule has 0 radical (unpaired) electrons. The largest absolute Gasteiger partial charge is 0.472 e. The number of aliphatic hydroxyl groups excluding tert-OH is 2. The van der Waals surface area contributed by atoms with Crippen LogP contribution in [0.25, 0.3) is 22.2 Å². The number of halogens is 2. The van der Waals surface area contributed by atoms with Crippen molar-refractivity contribution in [1.29, 1.82) is 0 Å². The average molecular weight is 711 g/mol. The van der Waals surface area contributed by atoms with Gasteiger partial charge in [0.15, 0.2) is 23.6 Å². The van der Waals surface area contributed by atoms with Crippen LogP contribution in [0.3, 0.4) is 0 Å². The van der Waals surface area contributed by atoms with Gasteiger partial charge >= 0.3 is 15.6 Å². The van der Waals surface area contributed by atoms with Crippen LogP contribution in [-0.2, 0) is 36.7 Å². The first-order valence-electron chi connectivity index (χ1n) is 13.0. The molecule has 0 saturated carbocycles. The fourth-order valence-electron chi connectivity index (χ4n) is 5.37. The molecule has 4 bridgehead atoms. The van der Waals surface area contributed by atoms with E-state index in [4.69, 9.17) is 50.8 Å². The van der Waals surface area contributed by atoms with Gasteiger partial charge in [-0.05, 0) is 12.1 Å². The number of fused-ring (bicyclic) bond motifs is 6. The number of benzene rings is 1. The summed E-state index contributed by atoms with van der Waals surface area (Å²) in [4.78, 5) is 48.1. The Morgan fingerprint density at radius 1 is 0.844 bits per heavy atom. The molecule has 10 atom stereocenters. The van der Waals surface area contributed by atoms with E-state index in [1.165, 1.54) is 27.6 Å². The molecule has 19 nitrogen and oxygen atoms in total. The zero-order valence-electron chi connectivity index (χ0n) is 22.3. The zero-order valence-corrected chi connectivity index (χ0v) is 25.6. The monoisotopic (exact) mass is 710 g/mol. The van der Waals surface area contributed by atoms with Gasteiger partial charge in [0.25, 0.3) is 5.56 Å². The van der Waals surface area contributed by atoms with Crippen molar-refractivity contribution in [3.63, 3.8) is 0 Å². The summed E-state index contributed by atoms with van der Waals surface area (Å²) in [5.41, 5.74) is -0.00701. The van der Waals surface area contributed by atoms with E-state index in [1.54, 1.807) is 0 Å². The van der Waals surface area contributed by atoms with Crippen LogP contribution in [0.1, 0.15) is 12.5 Å². The number of hydrogen-bond donors (Lipinski definition) is 5. The van der Waals surface area contributed by atoms with Crippen molar-refractivity contribution in [2.24, 2.45) is 0 Å². The van der Waals surface area contributed by atoms with Crippen LogP contribution in [0.2, 0.25) is 10.0 Å². The summed E-state index contributed by atoms with van der Waals surface area (Å²) in [5, 5.41) is 22.5. The molecule has 0 spiro atoms. The van der Waals surface area contributed by atoms with Gasteiger partial charge in [0, 0.05) is 0 Å². The van der Waals surface area contributed by atoms with Crippen LogP contribution in [0.15, 0.2) is 35.9 Å². The normalized spacial score (nSPS) is 37.7. The fraction of sp³-hybridized carbons (Fsp3) is 0.455. The minimum atomic E-state index is -5.06. The fourth-order valence-corrected chi connectivity index (χ4v) is 7.55. The van der Waals surface area contributed by atoms with E-state index in [0.717, 1.165) is 12.7 Å². The molecule has 45 heavy (non-hydrogen) atoms. The SMILES string of the molecule is O=c1[nH]cnc2c1ncn2C1OC2COP(=O)(O)OC3C(O)C(COP(=O)(O)OC1C2O)OC3n1cnc2cc(Cl)c(Cl)cc21. The minimum absolute atomic E-state index is 0.0238. The highest BCUT2D eigenvalue weighted by Crippen LogP contribution is 2.53. The number of phosphoric acid groups is 2.